The Morgan fingerprint density at radius 2 is 2.00 bits per heavy atom. The van der Waals surface area contributed by atoms with E-state index in [9.17, 15) is 5.11 Å². The van der Waals surface area contributed by atoms with Crippen molar-refractivity contribution in [1.82, 2.24) is 14.8 Å². The number of hydrogen-bond acceptors (Lipinski definition) is 5. The molecule has 0 bridgehead atoms. The number of rotatable bonds is 3. The van der Waals surface area contributed by atoms with Crippen LogP contribution in [-0.2, 0) is 0 Å². The van der Waals surface area contributed by atoms with Crippen LogP contribution in [0, 0.1) is 0 Å². The van der Waals surface area contributed by atoms with Gasteiger partial charge in [-0.2, -0.15) is 0 Å². The molecular weight excluding hydrogens is 354 g/mol. The fourth-order valence-electron chi connectivity index (χ4n) is 3.47. The third-order valence-electron chi connectivity index (χ3n) is 4.86. The van der Waals surface area contributed by atoms with Gasteiger partial charge in [-0.25, -0.2) is 0 Å². The largest absolute Gasteiger partial charge is 0.505 e. The van der Waals surface area contributed by atoms with Gasteiger partial charge in [0.05, 0.1) is 11.1 Å². The molecule has 25 heavy (non-hydrogen) atoms. The van der Waals surface area contributed by atoms with Crippen LogP contribution in [0.1, 0.15) is 16.5 Å². The van der Waals surface area contributed by atoms with Crippen molar-refractivity contribution in [2.24, 2.45) is 0 Å². The Labute approximate surface area is 156 Å². The Morgan fingerprint density at radius 3 is 2.72 bits per heavy atom. The monoisotopic (exact) mass is 373 g/mol. The summed E-state index contributed by atoms with van der Waals surface area (Å²) in [6, 6.07) is 9.82. The van der Waals surface area contributed by atoms with Crippen LogP contribution in [0.25, 0.3) is 10.9 Å². The van der Waals surface area contributed by atoms with Crippen LogP contribution in [0.2, 0.25) is 5.02 Å². The molecule has 1 unspecified atom stereocenters. The number of nitrogens with zero attached hydrogens (tertiary/aromatic N) is 3. The summed E-state index contributed by atoms with van der Waals surface area (Å²) in [5.41, 5.74) is 1.41. The van der Waals surface area contributed by atoms with E-state index < -0.39 is 0 Å². The Hall–Kier alpha value is -1.66. The minimum atomic E-state index is -0.00222. The third-order valence-corrected chi connectivity index (χ3v) is 6.09. The van der Waals surface area contributed by atoms with Crippen molar-refractivity contribution in [2.75, 3.05) is 33.2 Å². The molecule has 130 valence electrons. The highest BCUT2D eigenvalue weighted by atomic mass is 35.5. The molecule has 0 aliphatic carbocycles. The molecule has 1 saturated heterocycles. The molecule has 2 aromatic heterocycles. The van der Waals surface area contributed by atoms with Crippen molar-refractivity contribution < 1.29 is 5.11 Å². The number of benzene rings is 1. The number of pyridine rings is 1. The highest BCUT2D eigenvalue weighted by Gasteiger charge is 2.29. The van der Waals surface area contributed by atoms with Crippen molar-refractivity contribution >= 4 is 33.8 Å². The maximum Gasteiger partial charge on any atom is 0.147 e. The number of halogens is 1. The van der Waals surface area contributed by atoms with Gasteiger partial charge in [-0.1, -0.05) is 17.7 Å². The molecule has 0 saturated carbocycles. The predicted molar refractivity (Wildman–Crippen MR) is 104 cm³/mol. The highest BCUT2D eigenvalue weighted by Crippen LogP contribution is 2.42. The van der Waals surface area contributed by atoms with Gasteiger partial charge < -0.3 is 10.0 Å². The lowest BCUT2D eigenvalue weighted by atomic mass is 9.99. The molecular formula is C19H20ClN3OS. The van der Waals surface area contributed by atoms with Crippen LogP contribution in [-0.4, -0.2) is 53.1 Å². The summed E-state index contributed by atoms with van der Waals surface area (Å²) in [7, 11) is 2.14. The molecule has 4 nitrogen and oxygen atoms in total. The van der Waals surface area contributed by atoms with E-state index in [0.717, 1.165) is 37.1 Å². The molecule has 3 aromatic rings. The summed E-state index contributed by atoms with van der Waals surface area (Å²) >= 11 is 8.24. The second-order valence-corrected chi connectivity index (χ2v) is 7.84. The third kappa shape index (κ3) is 3.13. The number of phenolic OH excluding ortho intramolecular Hbond substituents is 1. The summed E-state index contributed by atoms with van der Waals surface area (Å²) in [5.74, 6) is 0.234. The van der Waals surface area contributed by atoms with E-state index in [1.165, 1.54) is 4.88 Å². The molecule has 1 aromatic carbocycles. The standard InChI is InChI=1S/C19H20ClN3OS/c1-22-7-9-23(10-8-22)18(16-5-3-11-25-16)14-12-15(20)13-4-2-6-21-17(13)19(14)24/h2-6,11-12,18,24H,7-10H2,1H3. The van der Waals surface area contributed by atoms with Crippen molar-refractivity contribution in [3.63, 3.8) is 0 Å². The van der Waals surface area contributed by atoms with Crippen molar-refractivity contribution in [2.45, 2.75) is 6.04 Å². The zero-order chi connectivity index (χ0) is 17.4. The molecule has 6 heteroatoms. The molecule has 0 amide bonds. The summed E-state index contributed by atoms with van der Waals surface area (Å²) in [4.78, 5) is 10.3. The SMILES string of the molecule is CN1CCN(C(c2cccs2)c2cc(Cl)c3cccnc3c2O)CC1. The van der Waals surface area contributed by atoms with E-state index in [2.05, 4.69) is 39.3 Å². The number of hydrogen-bond donors (Lipinski definition) is 1. The van der Waals surface area contributed by atoms with Gasteiger partial charge >= 0.3 is 0 Å². The van der Waals surface area contributed by atoms with E-state index in [1.54, 1.807) is 17.5 Å². The van der Waals surface area contributed by atoms with Gasteiger partial charge in [0.25, 0.3) is 0 Å². The second-order valence-electron chi connectivity index (χ2n) is 6.45. The summed E-state index contributed by atoms with van der Waals surface area (Å²) < 4.78 is 0. The zero-order valence-electron chi connectivity index (χ0n) is 14.0. The van der Waals surface area contributed by atoms with E-state index >= 15 is 0 Å². The van der Waals surface area contributed by atoms with Gasteiger partial charge in [0.2, 0.25) is 0 Å². The lowest BCUT2D eigenvalue weighted by Gasteiger charge is -2.38. The molecule has 1 aliphatic rings. The lowest BCUT2D eigenvalue weighted by Crippen LogP contribution is -2.46. The Kier molecular flexibility index (Phi) is 4.65. The number of aromatic hydroxyl groups is 1. The average Bonchev–Trinajstić information content (AvgIpc) is 3.15. The van der Waals surface area contributed by atoms with Crippen molar-refractivity contribution in [1.29, 1.82) is 0 Å². The van der Waals surface area contributed by atoms with Gasteiger partial charge in [-0.3, -0.25) is 9.88 Å². The van der Waals surface area contributed by atoms with Gasteiger partial charge in [-0.05, 0) is 36.7 Å². The maximum absolute atomic E-state index is 11.0. The fraction of sp³-hybridized carbons (Fsp3) is 0.316. The van der Waals surface area contributed by atoms with Gasteiger partial charge in [0.1, 0.15) is 11.3 Å². The van der Waals surface area contributed by atoms with Gasteiger partial charge in [0.15, 0.2) is 0 Å². The van der Waals surface area contributed by atoms with Crippen LogP contribution in [0.3, 0.4) is 0 Å². The van der Waals surface area contributed by atoms with Gasteiger partial charge in [0, 0.05) is 48.2 Å². The highest BCUT2D eigenvalue weighted by molar-refractivity contribution is 7.10. The fourth-order valence-corrected chi connectivity index (χ4v) is 4.62. The van der Waals surface area contributed by atoms with E-state index in [1.807, 2.05) is 18.2 Å². The van der Waals surface area contributed by atoms with Crippen molar-refractivity contribution in [3.05, 3.63) is 57.4 Å². The normalized spacial score (nSPS) is 17.8. The molecule has 0 spiro atoms. The molecule has 1 N–H and O–H groups in total. The number of phenols is 1. The molecule has 4 rings (SSSR count). The predicted octanol–water partition coefficient (Wildman–Crippen LogP) is 3.99. The lowest BCUT2D eigenvalue weighted by molar-refractivity contribution is 0.127. The topological polar surface area (TPSA) is 39.6 Å². The van der Waals surface area contributed by atoms with Gasteiger partial charge in [-0.15, -0.1) is 11.3 Å². The Bertz CT molecular complexity index is 876. The Balaban J connectivity index is 1.85. The van der Waals surface area contributed by atoms with Crippen molar-refractivity contribution in [3.8, 4) is 5.75 Å². The van der Waals surface area contributed by atoms with Crippen LogP contribution in [0.15, 0.2) is 41.9 Å². The second kappa shape index (κ2) is 6.92. The summed E-state index contributed by atoms with van der Waals surface area (Å²) in [6.07, 6.45) is 1.69. The smallest absolute Gasteiger partial charge is 0.147 e. The first-order valence-corrected chi connectivity index (χ1v) is 9.63. The quantitative estimate of drug-likeness (QED) is 0.753. The van der Waals surface area contributed by atoms with Crippen LogP contribution in [0.4, 0.5) is 0 Å². The minimum absolute atomic E-state index is 0.00222. The Morgan fingerprint density at radius 1 is 1.20 bits per heavy atom. The zero-order valence-corrected chi connectivity index (χ0v) is 15.6. The van der Waals surface area contributed by atoms with Crippen LogP contribution in [0.5, 0.6) is 5.75 Å². The van der Waals surface area contributed by atoms with E-state index in [-0.39, 0.29) is 11.8 Å². The van der Waals surface area contributed by atoms with Crippen LogP contribution >= 0.6 is 22.9 Å². The number of likely N-dealkylation sites (N-methyl/N-ethyl adjacent to an activating group) is 1. The molecule has 0 radical (unpaired) electrons. The number of piperazine rings is 1. The number of thiophene rings is 1. The van der Waals surface area contributed by atoms with E-state index in [4.69, 9.17) is 11.6 Å². The minimum Gasteiger partial charge on any atom is -0.505 e. The molecule has 1 fully saturated rings. The average molecular weight is 374 g/mol. The number of fused-ring (bicyclic) bond motifs is 1. The van der Waals surface area contributed by atoms with Crippen LogP contribution < -0.4 is 0 Å². The first-order chi connectivity index (χ1) is 12.1. The summed E-state index contributed by atoms with van der Waals surface area (Å²) in [5, 5.41) is 14.5. The molecule has 3 heterocycles. The summed E-state index contributed by atoms with van der Waals surface area (Å²) in [6.45, 7) is 3.94. The van der Waals surface area contributed by atoms with E-state index in [0.29, 0.717) is 10.5 Å². The first-order valence-electron chi connectivity index (χ1n) is 8.37. The number of aromatic nitrogens is 1. The molecule has 1 aliphatic heterocycles. The molecule has 1 atom stereocenters. The maximum atomic E-state index is 11.0. The first kappa shape index (κ1) is 16.8.